The summed E-state index contributed by atoms with van der Waals surface area (Å²) in [5.41, 5.74) is 1.09. The summed E-state index contributed by atoms with van der Waals surface area (Å²) in [5, 5.41) is 3.62. The van der Waals surface area contributed by atoms with E-state index in [4.69, 9.17) is 23.5 Å². The summed E-state index contributed by atoms with van der Waals surface area (Å²) in [6, 6.07) is 13.3. The molecule has 0 unspecified atom stereocenters. The van der Waals surface area contributed by atoms with E-state index in [-0.39, 0.29) is 6.54 Å². The van der Waals surface area contributed by atoms with E-state index in [1.807, 2.05) is 78.8 Å². The van der Waals surface area contributed by atoms with Gasteiger partial charge in [-0.15, -0.1) is 0 Å². The molecule has 10 heteroatoms. The predicted octanol–water partition coefficient (Wildman–Crippen LogP) is 4.41. The quantitative estimate of drug-likeness (QED) is 0.344. The van der Waals surface area contributed by atoms with E-state index in [0.29, 0.717) is 30.5 Å². The number of amides is 1. The molecule has 1 amide bonds. The first-order chi connectivity index (χ1) is 17.8. The maximum atomic E-state index is 11.9. The van der Waals surface area contributed by atoms with E-state index in [1.54, 1.807) is 18.3 Å². The second kappa shape index (κ2) is 10.8. The van der Waals surface area contributed by atoms with Crippen LogP contribution in [0.4, 0.5) is 4.79 Å². The van der Waals surface area contributed by atoms with Crippen molar-refractivity contribution in [2.75, 3.05) is 13.2 Å². The Morgan fingerprint density at radius 2 is 1.71 bits per heavy atom. The normalized spacial score (nSPS) is 16.3. The lowest BCUT2D eigenvalue weighted by Gasteiger charge is -2.32. The fourth-order valence-electron chi connectivity index (χ4n) is 3.75. The minimum absolute atomic E-state index is 0.235. The van der Waals surface area contributed by atoms with Crippen LogP contribution >= 0.6 is 0 Å². The number of aromatic nitrogens is 2. The van der Waals surface area contributed by atoms with Crippen molar-refractivity contribution in [3.8, 4) is 11.6 Å². The van der Waals surface area contributed by atoms with Gasteiger partial charge in [0.1, 0.15) is 24.6 Å². The van der Waals surface area contributed by atoms with Gasteiger partial charge in [-0.05, 0) is 72.1 Å². The first-order valence-electron chi connectivity index (χ1n) is 12.8. The van der Waals surface area contributed by atoms with Gasteiger partial charge in [0.25, 0.3) is 0 Å². The molecule has 1 saturated heterocycles. The molecule has 1 aliphatic heterocycles. The Morgan fingerprint density at radius 1 is 1.00 bits per heavy atom. The van der Waals surface area contributed by atoms with Crippen LogP contribution in [0.5, 0.6) is 11.6 Å². The Morgan fingerprint density at radius 3 is 2.42 bits per heavy atom. The molecule has 0 aliphatic carbocycles. The molecule has 3 aromatic rings. The molecule has 0 atom stereocenters. The lowest BCUT2D eigenvalue weighted by atomic mass is 9.78. The zero-order chi connectivity index (χ0) is 27.6. The van der Waals surface area contributed by atoms with E-state index in [0.717, 1.165) is 16.4 Å². The highest BCUT2D eigenvalue weighted by atomic mass is 16.7. The monoisotopic (exact) mass is 521 g/mol. The Labute approximate surface area is 224 Å². The first-order valence-corrected chi connectivity index (χ1v) is 12.8. The first kappa shape index (κ1) is 27.7. The molecule has 0 spiro atoms. The van der Waals surface area contributed by atoms with Gasteiger partial charge >= 0.3 is 13.2 Å². The van der Waals surface area contributed by atoms with Crippen molar-refractivity contribution < 1.29 is 28.3 Å². The molecule has 38 heavy (non-hydrogen) atoms. The summed E-state index contributed by atoms with van der Waals surface area (Å²) in [5.74, 6) is 1.08. The molecule has 0 radical (unpaired) electrons. The van der Waals surface area contributed by atoms with Gasteiger partial charge in [0.15, 0.2) is 0 Å². The number of pyridine rings is 2. The third kappa shape index (κ3) is 6.93. The zero-order valence-electron chi connectivity index (χ0n) is 23.2. The van der Waals surface area contributed by atoms with Crippen LogP contribution in [0.15, 0.2) is 48.7 Å². The van der Waals surface area contributed by atoms with Crippen molar-refractivity contribution in [2.45, 2.75) is 71.8 Å². The largest absolute Gasteiger partial charge is 0.494 e. The van der Waals surface area contributed by atoms with Gasteiger partial charge in [-0.2, -0.15) is 0 Å². The summed E-state index contributed by atoms with van der Waals surface area (Å²) in [4.78, 5) is 20.8. The van der Waals surface area contributed by atoms with Crippen LogP contribution in [0, 0.1) is 0 Å². The molecule has 202 valence electrons. The molecule has 1 aliphatic rings. The topological polar surface area (TPSA) is 101 Å². The average molecular weight is 521 g/mol. The molecular formula is C28H36BN3O6. The summed E-state index contributed by atoms with van der Waals surface area (Å²) in [7, 11) is -0.440. The number of hydrogen-bond donors (Lipinski definition) is 1. The highest BCUT2D eigenvalue weighted by Gasteiger charge is 2.51. The van der Waals surface area contributed by atoms with Crippen LogP contribution in [0.2, 0.25) is 0 Å². The van der Waals surface area contributed by atoms with Crippen LogP contribution in [0.1, 0.15) is 54.2 Å². The van der Waals surface area contributed by atoms with Crippen LogP contribution in [-0.4, -0.2) is 53.2 Å². The predicted molar refractivity (Wildman–Crippen MR) is 146 cm³/mol. The lowest BCUT2D eigenvalue weighted by molar-refractivity contribution is 0.00578. The third-order valence-corrected chi connectivity index (χ3v) is 6.40. The minimum Gasteiger partial charge on any atom is -0.488 e. The summed E-state index contributed by atoms with van der Waals surface area (Å²) < 4.78 is 29.2. The molecular weight excluding hydrogens is 485 g/mol. The molecule has 2 aromatic heterocycles. The summed E-state index contributed by atoms with van der Waals surface area (Å²) in [6.45, 7) is 14.4. The molecule has 4 rings (SSSR count). The van der Waals surface area contributed by atoms with Gasteiger partial charge in [-0.3, -0.25) is 4.98 Å². The van der Waals surface area contributed by atoms with E-state index < -0.39 is 30.0 Å². The lowest BCUT2D eigenvalue weighted by Crippen LogP contribution is -2.41. The fraction of sp³-hybridized carbons (Fsp3) is 0.464. The smallest absolute Gasteiger partial charge is 0.488 e. The molecule has 3 heterocycles. The number of ether oxygens (including phenoxy) is 3. The van der Waals surface area contributed by atoms with Crippen molar-refractivity contribution >= 4 is 29.6 Å². The Bertz CT molecular complexity index is 1280. The van der Waals surface area contributed by atoms with Crippen LogP contribution < -0.4 is 20.3 Å². The standard InChI is InChI=1S/C28H36BN3O6/c1-26(2,3)36-25(33)31-17-21-9-8-10-24(32-21)35-14-13-34-22-16-19-15-20(11-12-23(19)30-18-22)29-37-27(4,5)28(6,7)38-29/h8-12,15-16,18H,13-14,17H2,1-7H3,(H,31,33). The van der Waals surface area contributed by atoms with Crippen LogP contribution in [0.25, 0.3) is 10.9 Å². The SMILES string of the molecule is CC(C)(C)OC(=O)NCc1cccc(OCCOc2cnc3ccc(B4OC(C)(C)C(C)(C)O4)cc3c2)n1. The number of rotatable bonds is 8. The second-order valence-electron chi connectivity index (χ2n) is 11.2. The Balaban J connectivity index is 1.30. The highest BCUT2D eigenvalue weighted by molar-refractivity contribution is 6.62. The minimum atomic E-state index is -0.557. The second-order valence-corrected chi connectivity index (χ2v) is 11.2. The fourth-order valence-corrected chi connectivity index (χ4v) is 3.75. The van der Waals surface area contributed by atoms with E-state index in [1.165, 1.54) is 0 Å². The van der Waals surface area contributed by atoms with Gasteiger partial charge in [-0.25, -0.2) is 9.78 Å². The Kier molecular flexibility index (Phi) is 7.85. The van der Waals surface area contributed by atoms with Crippen molar-refractivity contribution in [2.24, 2.45) is 0 Å². The maximum Gasteiger partial charge on any atom is 0.494 e. The number of carbonyl (C=O) groups is 1. The highest BCUT2D eigenvalue weighted by Crippen LogP contribution is 2.36. The molecule has 0 bridgehead atoms. The van der Waals surface area contributed by atoms with E-state index in [9.17, 15) is 4.79 Å². The zero-order valence-corrected chi connectivity index (χ0v) is 23.2. The molecule has 1 fully saturated rings. The number of fused-ring (bicyclic) bond motifs is 1. The van der Waals surface area contributed by atoms with Crippen molar-refractivity contribution in [3.05, 3.63) is 54.4 Å². The number of alkyl carbamates (subject to hydrolysis) is 1. The maximum absolute atomic E-state index is 11.9. The van der Waals surface area contributed by atoms with Gasteiger partial charge < -0.3 is 28.8 Å². The Hall–Kier alpha value is -3.37. The van der Waals surface area contributed by atoms with Gasteiger partial charge in [0, 0.05) is 11.5 Å². The molecule has 9 nitrogen and oxygen atoms in total. The van der Waals surface area contributed by atoms with Gasteiger partial charge in [0.05, 0.1) is 35.2 Å². The van der Waals surface area contributed by atoms with E-state index in [2.05, 4.69) is 15.3 Å². The number of carbonyl (C=O) groups excluding carboxylic acids is 1. The molecule has 1 N–H and O–H groups in total. The average Bonchev–Trinajstić information content (AvgIpc) is 3.06. The van der Waals surface area contributed by atoms with Crippen LogP contribution in [0.3, 0.4) is 0 Å². The number of nitrogens with one attached hydrogen (secondary N) is 1. The van der Waals surface area contributed by atoms with Gasteiger partial charge in [-0.1, -0.05) is 18.2 Å². The van der Waals surface area contributed by atoms with Crippen molar-refractivity contribution in [1.82, 2.24) is 15.3 Å². The molecule has 1 aromatic carbocycles. The summed E-state index contributed by atoms with van der Waals surface area (Å²) in [6.07, 6.45) is 1.20. The number of hydrogen-bond acceptors (Lipinski definition) is 8. The number of nitrogens with zero attached hydrogens (tertiary/aromatic N) is 2. The van der Waals surface area contributed by atoms with Crippen LogP contribution in [-0.2, 0) is 20.6 Å². The van der Waals surface area contributed by atoms with Gasteiger partial charge in [0.2, 0.25) is 5.88 Å². The third-order valence-electron chi connectivity index (χ3n) is 6.40. The van der Waals surface area contributed by atoms with Crippen molar-refractivity contribution in [1.29, 1.82) is 0 Å². The molecule has 0 saturated carbocycles. The summed E-state index contributed by atoms with van der Waals surface area (Å²) >= 11 is 0. The van der Waals surface area contributed by atoms with E-state index >= 15 is 0 Å². The number of benzene rings is 1. The van der Waals surface area contributed by atoms with Crippen molar-refractivity contribution in [3.63, 3.8) is 0 Å².